The van der Waals surface area contributed by atoms with Crippen LogP contribution in [0.15, 0.2) is 66.1 Å². The van der Waals surface area contributed by atoms with Crippen LogP contribution in [-0.4, -0.2) is 34.5 Å². The molecule has 0 saturated carbocycles. The summed E-state index contributed by atoms with van der Waals surface area (Å²) in [6.45, 7) is 8.08. The van der Waals surface area contributed by atoms with Crippen molar-refractivity contribution in [3.05, 3.63) is 66.7 Å². The number of sulfone groups is 1. The Labute approximate surface area is 174 Å². The van der Waals surface area contributed by atoms with Gasteiger partial charge in [-0.05, 0) is 35.7 Å². The predicted molar refractivity (Wildman–Crippen MR) is 115 cm³/mol. The first-order chi connectivity index (χ1) is 13.8. The maximum absolute atomic E-state index is 12.8. The second-order valence-corrected chi connectivity index (χ2v) is 9.17. The molecule has 0 fully saturated rings. The second-order valence-electron chi connectivity index (χ2n) is 7.13. The zero-order valence-electron chi connectivity index (χ0n) is 17.5. The van der Waals surface area contributed by atoms with E-state index in [1.807, 2.05) is 32.0 Å². The van der Waals surface area contributed by atoms with E-state index in [1.54, 1.807) is 50.6 Å². The summed E-state index contributed by atoms with van der Waals surface area (Å²) in [6, 6.07) is 14.1. The van der Waals surface area contributed by atoms with Crippen molar-refractivity contribution >= 4 is 9.84 Å². The van der Waals surface area contributed by atoms with Crippen LogP contribution in [0.25, 0.3) is 0 Å². The van der Waals surface area contributed by atoms with Gasteiger partial charge in [-0.15, -0.1) is 6.58 Å². The summed E-state index contributed by atoms with van der Waals surface area (Å²) in [4.78, 5) is 0.330. The van der Waals surface area contributed by atoms with E-state index in [1.165, 1.54) is 0 Å². The van der Waals surface area contributed by atoms with E-state index in [2.05, 4.69) is 6.58 Å². The Kier molecular flexibility index (Phi) is 8.29. The Balaban J connectivity index is 2.14. The molecule has 0 aliphatic rings. The van der Waals surface area contributed by atoms with Gasteiger partial charge in [0.1, 0.15) is 0 Å². The third-order valence-corrected chi connectivity index (χ3v) is 6.88. The normalized spacial score (nSPS) is 14.6. The Hall–Kier alpha value is -2.31. The largest absolute Gasteiger partial charge is 0.493 e. The highest BCUT2D eigenvalue weighted by atomic mass is 32.2. The molecule has 0 N–H and O–H groups in total. The van der Waals surface area contributed by atoms with Gasteiger partial charge >= 0.3 is 0 Å². The van der Waals surface area contributed by atoms with Gasteiger partial charge < -0.3 is 14.2 Å². The van der Waals surface area contributed by atoms with Gasteiger partial charge in [-0.2, -0.15) is 0 Å². The van der Waals surface area contributed by atoms with Crippen molar-refractivity contribution in [2.75, 3.05) is 20.0 Å². The Morgan fingerprint density at radius 1 is 1.00 bits per heavy atom. The SMILES string of the molecule is C=C[C@@H](C)[C@@H](OCc1ccc(OC)c(OC)c1)[C@H](C)CS(=O)(=O)c1ccccc1. The molecule has 0 amide bonds. The first-order valence-corrected chi connectivity index (χ1v) is 11.2. The Morgan fingerprint density at radius 3 is 2.24 bits per heavy atom. The first-order valence-electron chi connectivity index (χ1n) is 9.55. The van der Waals surface area contributed by atoms with Gasteiger partial charge in [-0.1, -0.05) is 44.2 Å². The molecule has 0 unspecified atom stereocenters. The number of hydrogen-bond acceptors (Lipinski definition) is 5. The van der Waals surface area contributed by atoms with Crippen LogP contribution in [0.1, 0.15) is 19.4 Å². The van der Waals surface area contributed by atoms with Gasteiger partial charge in [0.2, 0.25) is 0 Å². The molecule has 2 rings (SSSR count). The number of ether oxygens (including phenoxy) is 3. The summed E-state index contributed by atoms with van der Waals surface area (Å²) < 4.78 is 42.3. The fourth-order valence-electron chi connectivity index (χ4n) is 3.30. The van der Waals surface area contributed by atoms with Crippen molar-refractivity contribution < 1.29 is 22.6 Å². The monoisotopic (exact) mass is 418 g/mol. The highest BCUT2D eigenvalue weighted by molar-refractivity contribution is 7.91. The highest BCUT2D eigenvalue weighted by Gasteiger charge is 2.28. The molecule has 29 heavy (non-hydrogen) atoms. The van der Waals surface area contributed by atoms with Crippen LogP contribution in [0.2, 0.25) is 0 Å². The molecule has 2 aromatic carbocycles. The lowest BCUT2D eigenvalue weighted by Crippen LogP contribution is -2.32. The summed E-state index contributed by atoms with van der Waals surface area (Å²) in [7, 11) is -0.227. The van der Waals surface area contributed by atoms with Gasteiger partial charge in [0.25, 0.3) is 0 Å². The van der Waals surface area contributed by atoms with E-state index in [0.29, 0.717) is 23.0 Å². The standard InChI is InChI=1S/C23H30O5S/c1-6-17(2)23(18(3)16-29(24,25)20-10-8-7-9-11-20)28-15-19-12-13-21(26-4)22(14-19)27-5/h6-14,17-18,23H,1,15-16H2,2-5H3/t17-,18-,23-/m1/s1. The molecule has 0 saturated heterocycles. The third kappa shape index (κ3) is 6.08. The van der Waals surface area contributed by atoms with Crippen LogP contribution >= 0.6 is 0 Å². The molecule has 2 aromatic rings. The maximum Gasteiger partial charge on any atom is 0.178 e. The summed E-state index contributed by atoms with van der Waals surface area (Å²) in [6.07, 6.45) is 1.50. The van der Waals surface area contributed by atoms with E-state index >= 15 is 0 Å². The smallest absolute Gasteiger partial charge is 0.178 e. The second kappa shape index (κ2) is 10.5. The van der Waals surface area contributed by atoms with Crippen LogP contribution in [-0.2, 0) is 21.2 Å². The minimum atomic E-state index is -3.40. The average Bonchev–Trinajstić information content (AvgIpc) is 2.73. The fourth-order valence-corrected chi connectivity index (χ4v) is 4.94. The molecule has 0 spiro atoms. The Bertz CT molecular complexity index is 893. The molecule has 6 heteroatoms. The number of hydrogen-bond donors (Lipinski definition) is 0. The summed E-state index contributed by atoms with van der Waals surface area (Å²) in [5.41, 5.74) is 0.919. The van der Waals surface area contributed by atoms with Crippen LogP contribution < -0.4 is 9.47 Å². The molecule has 0 bridgehead atoms. The quantitative estimate of drug-likeness (QED) is 0.502. The zero-order chi connectivity index (χ0) is 21.4. The van der Waals surface area contributed by atoms with Gasteiger partial charge in [0.15, 0.2) is 21.3 Å². The van der Waals surface area contributed by atoms with E-state index in [0.717, 1.165) is 5.56 Å². The number of rotatable bonds is 11. The molecule has 3 atom stereocenters. The van der Waals surface area contributed by atoms with Crippen LogP contribution in [0.3, 0.4) is 0 Å². The summed E-state index contributed by atoms with van der Waals surface area (Å²) in [5.74, 6) is 1.06. The van der Waals surface area contributed by atoms with Crippen molar-refractivity contribution in [3.8, 4) is 11.5 Å². The van der Waals surface area contributed by atoms with Crippen LogP contribution in [0.5, 0.6) is 11.5 Å². The average molecular weight is 419 g/mol. The molecule has 5 nitrogen and oxygen atoms in total. The molecule has 158 valence electrons. The van der Waals surface area contributed by atoms with E-state index in [9.17, 15) is 8.42 Å². The van der Waals surface area contributed by atoms with Gasteiger partial charge in [0, 0.05) is 5.92 Å². The molecular formula is C23H30O5S. The van der Waals surface area contributed by atoms with Gasteiger partial charge in [-0.25, -0.2) is 8.42 Å². The lowest BCUT2D eigenvalue weighted by Gasteiger charge is -2.28. The van der Waals surface area contributed by atoms with Crippen LogP contribution in [0.4, 0.5) is 0 Å². The molecule has 0 aliphatic heterocycles. The van der Waals surface area contributed by atoms with E-state index in [4.69, 9.17) is 14.2 Å². The number of methoxy groups -OCH3 is 2. The lowest BCUT2D eigenvalue weighted by molar-refractivity contribution is -0.0108. The molecule has 0 heterocycles. The minimum Gasteiger partial charge on any atom is -0.493 e. The molecule has 0 radical (unpaired) electrons. The minimum absolute atomic E-state index is 0.00360. The number of benzene rings is 2. The van der Waals surface area contributed by atoms with Crippen molar-refractivity contribution in [2.45, 2.75) is 31.5 Å². The van der Waals surface area contributed by atoms with Crippen molar-refractivity contribution in [1.82, 2.24) is 0 Å². The van der Waals surface area contributed by atoms with Crippen molar-refractivity contribution in [2.24, 2.45) is 11.8 Å². The zero-order valence-corrected chi connectivity index (χ0v) is 18.3. The first kappa shape index (κ1) is 23.0. The molecule has 0 aliphatic carbocycles. The van der Waals surface area contributed by atoms with E-state index < -0.39 is 9.84 Å². The summed E-state index contributed by atoms with van der Waals surface area (Å²) in [5, 5.41) is 0. The fraction of sp³-hybridized carbons (Fsp3) is 0.391. The van der Waals surface area contributed by atoms with Gasteiger partial charge in [-0.3, -0.25) is 0 Å². The maximum atomic E-state index is 12.8. The Morgan fingerprint density at radius 2 is 1.66 bits per heavy atom. The van der Waals surface area contributed by atoms with Gasteiger partial charge in [0.05, 0.1) is 37.6 Å². The van der Waals surface area contributed by atoms with Crippen molar-refractivity contribution in [1.29, 1.82) is 0 Å². The molecular weight excluding hydrogens is 388 g/mol. The third-order valence-electron chi connectivity index (χ3n) is 4.93. The molecule has 0 aromatic heterocycles. The predicted octanol–water partition coefficient (Wildman–Crippen LogP) is 4.52. The topological polar surface area (TPSA) is 61.8 Å². The van der Waals surface area contributed by atoms with Crippen LogP contribution in [0, 0.1) is 11.8 Å². The summed E-state index contributed by atoms with van der Waals surface area (Å²) >= 11 is 0. The van der Waals surface area contributed by atoms with Crippen molar-refractivity contribution in [3.63, 3.8) is 0 Å². The highest BCUT2D eigenvalue weighted by Crippen LogP contribution is 2.29. The van der Waals surface area contributed by atoms with E-state index in [-0.39, 0.29) is 23.7 Å². The lowest BCUT2D eigenvalue weighted by atomic mass is 9.94.